The molecular formula is C19H18FN3O2. The highest BCUT2D eigenvalue weighted by atomic mass is 19.1. The van der Waals surface area contributed by atoms with E-state index in [4.69, 9.17) is 4.52 Å². The third-order valence-corrected chi connectivity index (χ3v) is 3.76. The summed E-state index contributed by atoms with van der Waals surface area (Å²) in [5, 5.41) is 6.73. The molecule has 0 unspecified atom stereocenters. The Balaban J connectivity index is 1.61. The topological polar surface area (TPSA) is 58.4 Å². The fourth-order valence-electron chi connectivity index (χ4n) is 2.33. The van der Waals surface area contributed by atoms with Gasteiger partial charge < -0.3 is 14.7 Å². The van der Waals surface area contributed by atoms with Gasteiger partial charge in [0.05, 0.1) is 6.54 Å². The number of carbonyl (C=O) groups is 1. The van der Waals surface area contributed by atoms with E-state index in [9.17, 15) is 9.18 Å². The molecule has 0 fully saturated rings. The average Bonchev–Trinajstić information content (AvgIpc) is 3.09. The third-order valence-electron chi connectivity index (χ3n) is 3.76. The Morgan fingerprint density at radius 3 is 2.44 bits per heavy atom. The van der Waals surface area contributed by atoms with E-state index < -0.39 is 0 Å². The monoisotopic (exact) mass is 339 g/mol. The van der Waals surface area contributed by atoms with Crippen LogP contribution in [-0.2, 0) is 6.54 Å². The lowest BCUT2D eigenvalue weighted by molar-refractivity contribution is 0.0950. The van der Waals surface area contributed by atoms with Crippen LogP contribution < -0.4 is 10.2 Å². The Kier molecular flexibility index (Phi) is 4.79. The largest absolute Gasteiger partial charge is 0.378 e. The van der Waals surface area contributed by atoms with Crippen LogP contribution in [0.1, 0.15) is 16.1 Å². The summed E-state index contributed by atoms with van der Waals surface area (Å²) in [4.78, 5) is 14.2. The van der Waals surface area contributed by atoms with Crippen LogP contribution in [0.2, 0.25) is 0 Å². The van der Waals surface area contributed by atoms with Crippen molar-refractivity contribution in [3.63, 3.8) is 0 Å². The second kappa shape index (κ2) is 7.17. The van der Waals surface area contributed by atoms with Gasteiger partial charge in [-0.15, -0.1) is 0 Å². The number of amides is 1. The fourth-order valence-corrected chi connectivity index (χ4v) is 2.33. The number of anilines is 1. The van der Waals surface area contributed by atoms with Gasteiger partial charge in [-0.1, -0.05) is 5.16 Å². The number of hydrogen-bond acceptors (Lipinski definition) is 4. The SMILES string of the molecule is CN(C)c1ccc(C(=O)NCc2cc(-c3ccc(F)cc3)on2)cc1. The van der Waals surface area contributed by atoms with Gasteiger partial charge in [-0.2, -0.15) is 0 Å². The van der Waals surface area contributed by atoms with E-state index in [1.54, 1.807) is 30.3 Å². The molecule has 0 aliphatic heterocycles. The van der Waals surface area contributed by atoms with Crippen molar-refractivity contribution in [3.05, 3.63) is 71.7 Å². The van der Waals surface area contributed by atoms with Gasteiger partial charge in [-0.25, -0.2) is 4.39 Å². The van der Waals surface area contributed by atoms with Crippen LogP contribution in [0, 0.1) is 5.82 Å². The Morgan fingerprint density at radius 1 is 1.12 bits per heavy atom. The zero-order valence-electron chi connectivity index (χ0n) is 14.0. The second-order valence-electron chi connectivity index (χ2n) is 5.81. The number of hydrogen-bond donors (Lipinski definition) is 1. The molecule has 1 amide bonds. The smallest absolute Gasteiger partial charge is 0.251 e. The Bertz CT molecular complexity index is 855. The lowest BCUT2D eigenvalue weighted by Crippen LogP contribution is -2.23. The van der Waals surface area contributed by atoms with Crippen molar-refractivity contribution < 1.29 is 13.7 Å². The molecule has 0 saturated carbocycles. The minimum absolute atomic E-state index is 0.184. The molecule has 6 heteroatoms. The van der Waals surface area contributed by atoms with Crippen molar-refractivity contribution in [2.45, 2.75) is 6.54 Å². The highest BCUT2D eigenvalue weighted by molar-refractivity contribution is 5.94. The first-order valence-corrected chi connectivity index (χ1v) is 7.80. The van der Waals surface area contributed by atoms with Crippen LogP contribution in [0.4, 0.5) is 10.1 Å². The maximum absolute atomic E-state index is 13.0. The molecule has 128 valence electrons. The molecule has 0 spiro atoms. The summed E-state index contributed by atoms with van der Waals surface area (Å²) in [6.45, 7) is 0.249. The lowest BCUT2D eigenvalue weighted by atomic mass is 10.1. The molecule has 0 aliphatic carbocycles. The molecule has 5 nitrogen and oxygen atoms in total. The summed E-state index contributed by atoms with van der Waals surface area (Å²) in [5.74, 6) is 0.0345. The van der Waals surface area contributed by atoms with E-state index in [0.717, 1.165) is 11.3 Å². The van der Waals surface area contributed by atoms with Gasteiger partial charge in [0.25, 0.3) is 5.91 Å². The lowest BCUT2D eigenvalue weighted by Gasteiger charge is -2.12. The molecule has 1 heterocycles. The predicted molar refractivity (Wildman–Crippen MR) is 93.8 cm³/mol. The molecule has 2 aromatic carbocycles. The normalized spacial score (nSPS) is 10.5. The Morgan fingerprint density at radius 2 is 1.80 bits per heavy atom. The molecule has 1 N–H and O–H groups in total. The zero-order chi connectivity index (χ0) is 17.8. The quantitative estimate of drug-likeness (QED) is 0.773. The molecule has 3 rings (SSSR count). The fraction of sp³-hybridized carbons (Fsp3) is 0.158. The Labute approximate surface area is 145 Å². The van der Waals surface area contributed by atoms with Crippen LogP contribution in [0.25, 0.3) is 11.3 Å². The van der Waals surface area contributed by atoms with Gasteiger partial charge in [-0.05, 0) is 48.5 Å². The van der Waals surface area contributed by atoms with Gasteiger partial charge in [0, 0.05) is 37.0 Å². The molecule has 0 aliphatic rings. The van der Waals surface area contributed by atoms with Gasteiger partial charge in [0.15, 0.2) is 5.76 Å². The molecule has 25 heavy (non-hydrogen) atoms. The van der Waals surface area contributed by atoms with Crippen molar-refractivity contribution in [3.8, 4) is 11.3 Å². The van der Waals surface area contributed by atoms with Crippen molar-refractivity contribution in [1.29, 1.82) is 0 Å². The van der Waals surface area contributed by atoms with Crippen molar-refractivity contribution in [2.24, 2.45) is 0 Å². The first-order chi connectivity index (χ1) is 12.0. The first-order valence-electron chi connectivity index (χ1n) is 7.80. The Hall–Kier alpha value is -3.15. The van der Waals surface area contributed by atoms with E-state index in [0.29, 0.717) is 17.0 Å². The minimum Gasteiger partial charge on any atom is -0.378 e. The zero-order valence-corrected chi connectivity index (χ0v) is 14.0. The van der Waals surface area contributed by atoms with Crippen molar-refractivity contribution in [2.75, 3.05) is 19.0 Å². The average molecular weight is 339 g/mol. The summed E-state index contributed by atoms with van der Waals surface area (Å²) >= 11 is 0. The summed E-state index contributed by atoms with van der Waals surface area (Å²) < 4.78 is 18.2. The van der Waals surface area contributed by atoms with Crippen LogP contribution in [0.3, 0.4) is 0 Å². The first kappa shape index (κ1) is 16.7. The summed E-state index contributed by atoms with van der Waals surface area (Å²) in [7, 11) is 3.89. The minimum atomic E-state index is -0.309. The molecule has 0 bridgehead atoms. The van der Waals surface area contributed by atoms with Crippen LogP contribution >= 0.6 is 0 Å². The highest BCUT2D eigenvalue weighted by Gasteiger charge is 2.10. The van der Waals surface area contributed by atoms with E-state index in [1.807, 2.05) is 31.1 Å². The number of aromatic nitrogens is 1. The van der Waals surface area contributed by atoms with Gasteiger partial charge >= 0.3 is 0 Å². The van der Waals surface area contributed by atoms with E-state index in [2.05, 4.69) is 10.5 Å². The molecule has 0 saturated heterocycles. The van der Waals surface area contributed by atoms with Crippen LogP contribution in [0.15, 0.2) is 59.1 Å². The highest BCUT2D eigenvalue weighted by Crippen LogP contribution is 2.20. The number of rotatable bonds is 5. The maximum atomic E-state index is 13.0. The summed E-state index contributed by atoms with van der Waals surface area (Å²) in [5.41, 5.74) is 2.92. The molecule has 1 aromatic heterocycles. The van der Waals surface area contributed by atoms with Crippen LogP contribution in [0.5, 0.6) is 0 Å². The predicted octanol–water partition coefficient (Wildman–Crippen LogP) is 3.48. The number of halogens is 1. The maximum Gasteiger partial charge on any atom is 0.251 e. The molecular weight excluding hydrogens is 321 g/mol. The summed E-state index contributed by atoms with van der Waals surface area (Å²) in [6.07, 6.45) is 0. The van der Waals surface area contributed by atoms with E-state index >= 15 is 0 Å². The summed E-state index contributed by atoms with van der Waals surface area (Å²) in [6, 6.07) is 15.0. The van der Waals surface area contributed by atoms with Gasteiger partial charge in [-0.3, -0.25) is 4.79 Å². The van der Waals surface area contributed by atoms with Crippen molar-refractivity contribution >= 4 is 11.6 Å². The number of nitrogens with zero attached hydrogens (tertiary/aromatic N) is 2. The third kappa shape index (κ3) is 4.03. The van der Waals surface area contributed by atoms with Crippen LogP contribution in [-0.4, -0.2) is 25.2 Å². The second-order valence-corrected chi connectivity index (χ2v) is 5.81. The molecule has 0 radical (unpaired) electrons. The number of benzene rings is 2. The van der Waals surface area contributed by atoms with Gasteiger partial charge in [0.2, 0.25) is 0 Å². The number of carbonyl (C=O) groups excluding carboxylic acids is 1. The standard InChI is InChI=1S/C19H18FN3O2/c1-23(2)17-9-5-14(6-10-17)19(24)21-12-16-11-18(25-22-16)13-3-7-15(20)8-4-13/h3-11H,12H2,1-2H3,(H,21,24). The number of nitrogens with one attached hydrogen (secondary N) is 1. The van der Waals surface area contributed by atoms with E-state index in [-0.39, 0.29) is 18.3 Å². The molecule has 3 aromatic rings. The van der Waals surface area contributed by atoms with Gasteiger partial charge in [0.1, 0.15) is 11.5 Å². The van der Waals surface area contributed by atoms with Crippen molar-refractivity contribution in [1.82, 2.24) is 10.5 Å². The molecule has 0 atom stereocenters. The van der Waals surface area contributed by atoms with E-state index in [1.165, 1.54) is 12.1 Å².